The summed E-state index contributed by atoms with van der Waals surface area (Å²) in [5.41, 5.74) is 0.235. The van der Waals surface area contributed by atoms with Crippen molar-refractivity contribution in [2.75, 3.05) is 18.0 Å². The molecule has 7 heteroatoms. The first kappa shape index (κ1) is 16.8. The number of nitrogens with zero attached hydrogens (tertiary/aromatic N) is 3. The Morgan fingerprint density at radius 3 is 2.62 bits per heavy atom. The maximum absolute atomic E-state index is 13.1. The maximum atomic E-state index is 13.1. The molecular weight excluding hydrogens is 335 g/mol. The van der Waals surface area contributed by atoms with E-state index >= 15 is 0 Å². The van der Waals surface area contributed by atoms with Crippen molar-refractivity contribution < 1.29 is 9.18 Å². The lowest BCUT2D eigenvalue weighted by Gasteiger charge is -2.33. The second kappa shape index (κ2) is 6.90. The van der Waals surface area contributed by atoms with Crippen LogP contribution in [0.2, 0.25) is 0 Å². The Balaban J connectivity index is 1.55. The molecule has 1 saturated carbocycles. The van der Waals surface area contributed by atoms with Crippen LogP contribution in [0.1, 0.15) is 25.7 Å². The van der Waals surface area contributed by atoms with Gasteiger partial charge in [0.05, 0.1) is 11.6 Å². The Hall–Kier alpha value is -2.70. The number of benzene rings is 1. The number of hydrogen-bond donors (Lipinski definition) is 1. The molecule has 1 atom stereocenters. The van der Waals surface area contributed by atoms with Crippen LogP contribution in [0, 0.1) is 11.7 Å². The summed E-state index contributed by atoms with van der Waals surface area (Å²) in [4.78, 5) is 26.6. The number of carbonyl (C=O) groups is 1. The summed E-state index contributed by atoms with van der Waals surface area (Å²) in [5, 5.41) is 7.51. The summed E-state index contributed by atoms with van der Waals surface area (Å²) < 4.78 is 14.4. The number of hydrogen-bond acceptors (Lipinski definition) is 4. The van der Waals surface area contributed by atoms with E-state index in [0.29, 0.717) is 24.1 Å². The van der Waals surface area contributed by atoms with Crippen LogP contribution in [0.5, 0.6) is 0 Å². The predicted octanol–water partition coefficient (Wildman–Crippen LogP) is 1.87. The molecule has 2 aromatic rings. The number of halogens is 1. The molecule has 2 heterocycles. The second-order valence-corrected chi connectivity index (χ2v) is 6.99. The molecule has 1 aliphatic carbocycles. The van der Waals surface area contributed by atoms with Crippen molar-refractivity contribution in [3.63, 3.8) is 0 Å². The smallest absolute Gasteiger partial charge is 0.271 e. The van der Waals surface area contributed by atoms with E-state index in [4.69, 9.17) is 0 Å². The van der Waals surface area contributed by atoms with Gasteiger partial charge in [0.2, 0.25) is 5.91 Å². The minimum absolute atomic E-state index is 0.0580. The molecule has 1 aromatic heterocycles. The van der Waals surface area contributed by atoms with E-state index in [2.05, 4.69) is 10.4 Å². The van der Waals surface area contributed by atoms with E-state index in [-0.39, 0.29) is 23.2 Å². The van der Waals surface area contributed by atoms with E-state index in [9.17, 15) is 14.0 Å². The molecule has 4 rings (SSSR count). The molecule has 1 unspecified atom stereocenters. The van der Waals surface area contributed by atoms with Crippen LogP contribution < -0.4 is 15.8 Å². The summed E-state index contributed by atoms with van der Waals surface area (Å²) in [7, 11) is 0. The minimum atomic E-state index is -0.362. The zero-order valence-electron chi connectivity index (χ0n) is 14.4. The first-order chi connectivity index (χ1) is 12.6. The Labute approximate surface area is 150 Å². The average molecular weight is 356 g/mol. The van der Waals surface area contributed by atoms with E-state index < -0.39 is 0 Å². The van der Waals surface area contributed by atoms with E-state index in [1.54, 1.807) is 6.07 Å². The van der Waals surface area contributed by atoms with Crippen molar-refractivity contribution in [2.45, 2.75) is 31.7 Å². The van der Waals surface area contributed by atoms with E-state index in [1.807, 2.05) is 4.90 Å². The molecule has 2 aliphatic rings. The SMILES string of the molecule is O=C(NC1CC1)C1CCCN(c2ccc(=O)n(-c3ccc(F)cc3)n2)C1. The summed E-state index contributed by atoms with van der Waals surface area (Å²) >= 11 is 0. The summed E-state index contributed by atoms with van der Waals surface area (Å²) in [5.74, 6) is 0.345. The standard InChI is InChI=1S/C19H21FN4O2/c20-14-3-7-16(8-4-14)24-18(25)10-9-17(22-24)23-11-1-2-13(12-23)19(26)21-15-5-6-15/h3-4,7-10,13,15H,1-2,5-6,11-12H2,(H,21,26). The number of amides is 1. The van der Waals surface area contributed by atoms with Crippen LogP contribution in [0.15, 0.2) is 41.2 Å². The molecule has 26 heavy (non-hydrogen) atoms. The number of nitrogens with one attached hydrogen (secondary N) is 1. The molecular formula is C19H21FN4O2. The first-order valence-electron chi connectivity index (χ1n) is 9.02. The van der Waals surface area contributed by atoms with Crippen LogP contribution in [-0.2, 0) is 4.79 Å². The molecule has 0 spiro atoms. The van der Waals surface area contributed by atoms with Crippen molar-refractivity contribution in [1.29, 1.82) is 0 Å². The first-order valence-corrected chi connectivity index (χ1v) is 9.02. The second-order valence-electron chi connectivity index (χ2n) is 6.99. The zero-order chi connectivity index (χ0) is 18.1. The Morgan fingerprint density at radius 1 is 1.12 bits per heavy atom. The van der Waals surface area contributed by atoms with Crippen molar-refractivity contribution in [2.24, 2.45) is 5.92 Å². The summed E-state index contributed by atoms with van der Waals surface area (Å²) in [6.07, 6.45) is 3.92. The third-order valence-corrected chi connectivity index (χ3v) is 4.90. The summed E-state index contributed by atoms with van der Waals surface area (Å²) in [6.45, 7) is 1.38. The quantitative estimate of drug-likeness (QED) is 0.908. The molecule has 2 fully saturated rings. The van der Waals surface area contributed by atoms with Gasteiger partial charge in [0.1, 0.15) is 11.6 Å². The van der Waals surface area contributed by atoms with Crippen molar-refractivity contribution in [3.05, 3.63) is 52.6 Å². The average Bonchev–Trinajstić information content (AvgIpc) is 3.47. The van der Waals surface area contributed by atoms with Gasteiger partial charge in [-0.2, -0.15) is 4.68 Å². The lowest BCUT2D eigenvalue weighted by atomic mass is 9.97. The molecule has 1 aliphatic heterocycles. The largest absolute Gasteiger partial charge is 0.354 e. The molecule has 0 bridgehead atoms. The highest BCUT2D eigenvalue weighted by molar-refractivity contribution is 5.80. The highest BCUT2D eigenvalue weighted by Crippen LogP contribution is 2.24. The zero-order valence-corrected chi connectivity index (χ0v) is 14.4. The van der Waals surface area contributed by atoms with Gasteiger partial charge in [0, 0.05) is 25.2 Å². The molecule has 6 nitrogen and oxygen atoms in total. The van der Waals surface area contributed by atoms with Gasteiger partial charge in [-0.05, 0) is 56.0 Å². The summed E-state index contributed by atoms with van der Waals surface area (Å²) in [6, 6.07) is 9.15. The van der Waals surface area contributed by atoms with Crippen LogP contribution in [0.3, 0.4) is 0 Å². The number of rotatable bonds is 4. The Morgan fingerprint density at radius 2 is 1.88 bits per heavy atom. The van der Waals surface area contributed by atoms with Crippen LogP contribution in [-0.4, -0.2) is 34.8 Å². The molecule has 1 aromatic carbocycles. The van der Waals surface area contributed by atoms with Crippen molar-refractivity contribution in [1.82, 2.24) is 15.1 Å². The molecule has 1 N–H and O–H groups in total. The molecule has 1 saturated heterocycles. The third kappa shape index (κ3) is 3.61. The van der Waals surface area contributed by atoms with Crippen molar-refractivity contribution in [3.8, 4) is 5.69 Å². The fourth-order valence-corrected chi connectivity index (χ4v) is 3.28. The number of carbonyl (C=O) groups excluding carboxylic acids is 1. The highest BCUT2D eigenvalue weighted by atomic mass is 19.1. The monoisotopic (exact) mass is 356 g/mol. The van der Waals surface area contributed by atoms with Gasteiger partial charge in [-0.3, -0.25) is 9.59 Å². The normalized spacial score (nSPS) is 20.0. The van der Waals surface area contributed by atoms with Gasteiger partial charge in [-0.1, -0.05) is 0 Å². The Bertz CT molecular complexity index is 861. The van der Waals surface area contributed by atoms with E-state index in [1.165, 1.54) is 35.0 Å². The fourth-order valence-electron chi connectivity index (χ4n) is 3.28. The molecule has 136 valence electrons. The third-order valence-electron chi connectivity index (χ3n) is 4.90. The van der Waals surface area contributed by atoms with Gasteiger partial charge in [0.15, 0.2) is 0 Å². The Kier molecular flexibility index (Phi) is 4.44. The van der Waals surface area contributed by atoms with E-state index in [0.717, 1.165) is 32.2 Å². The lowest BCUT2D eigenvalue weighted by Crippen LogP contribution is -2.44. The van der Waals surface area contributed by atoms with Gasteiger partial charge < -0.3 is 10.2 Å². The maximum Gasteiger partial charge on any atom is 0.271 e. The number of anilines is 1. The highest BCUT2D eigenvalue weighted by Gasteiger charge is 2.31. The van der Waals surface area contributed by atoms with Gasteiger partial charge in [0.25, 0.3) is 5.56 Å². The predicted molar refractivity (Wildman–Crippen MR) is 95.9 cm³/mol. The fraction of sp³-hybridized carbons (Fsp3) is 0.421. The number of aromatic nitrogens is 2. The molecule has 0 radical (unpaired) electrons. The van der Waals surface area contributed by atoms with Crippen LogP contribution >= 0.6 is 0 Å². The van der Waals surface area contributed by atoms with Crippen LogP contribution in [0.4, 0.5) is 10.2 Å². The van der Waals surface area contributed by atoms with Crippen LogP contribution in [0.25, 0.3) is 5.69 Å². The van der Waals surface area contributed by atoms with Crippen molar-refractivity contribution >= 4 is 11.7 Å². The topological polar surface area (TPSA) is 67.2 Å². The van der Waals surface area contributed by atoms with Gasteiger partial charge >= 0.3 is 0 Å². The lowest BCUT2D eigenvalue weighted by molar-refractivity contribution is -0.125. The molecule has 1 amide bonds. The van der Waals surface area contributed by atoms with Gasteiger partial charge in [-0.15, -0.1) is 5.10 Å². The number of piperidine rings is 1. The van der Waals surface area contributed by atoms with Gasteiger partial charge in [-0.25, -0.2) is 4.39 Å². The minimum Gasteiger partial charge on any atom is -0.354 e.